The number of rotatable bonds is 14. The van der Waals surface area contributed by atoms with Crippen molar-refractivity contribution >= 4 is 6.47 Å². The summed E-state index contributed by atoms with van der Waals surface area (Å²) in [5.74, 6) is 0. The molecule has 28 heavy (non-hydrogen) atoms. The van der Waals surface area contributed by atoms with Gasteiger partial charge in [0, 0.05) is 0 Å². The van der Waals surface area contributed by atoms with Gasteiger partial charge in [0.25, 0.3) is 6.47 Å². The summed E-state index contributed by atoms with van der Waals surface area (Å²) in [6.07, 6.45) is 13.5. The van der Waals surface area contributed by atoms with E-state index < -0.39 is 0 Å². The molecule has 0 aliphatic heterocycles. The molecule has 1 aromatic carbocycles. The van der Waals surface area contributed by atoms with Gasteiger partial charge in [-0.2, -0.15) is 0 Å². The Balaban J connectivity index is 2.24. The van der Waals surface area contributed by atoms with Gasteiger partial charge in [-0.15, -0.1) is 0 Å². The number of aryl methyl sites for hydroxylation is 3. The molecule has 0 radical (unpaired) electrons. The van der Waals surface area contributed by atoms with Crippen molar-refractivity contribution in [2.24, 2.45) is 5.41 Å². The Hall–Kier alpha value is -1.31. The minimum atomic E-state index is -0.327. The van der Waals surface area contributed by atoms with Crippen LogP contribution in [-0.2, 0) is 22.4 Å². The summed E-state index contributed by atoms with van der Waals surface area (Å²) in [7, 11) is 0. The fourth-order valence-corrected chi connectivity index (χ4v) is 3.76. The van der Waals surface area contributed by atoms with Crippen LogP contribution >= 0.6 is 0 Å². The molecular formula is C26H44O2. The zero-order valence-electron chi connectivity index (χ0n) is 19.4. The minimum Gasteiger partial charge on any atom is -0.462 e. The van der Waals surface area contributed by atoms with E-state index >= 15 is 0 Å². The van der Waals surface area contributed by atoms with Crippen molar-refractivity contribution in [3.63, 3.8) is 0 Å². The Morgan fingerprint density at radius 2 is 1.43 bits per heavy atom. The van der Waals surface area contributed by atoms with Gasteiger partial charge in [-0.05, 0) is 87.8 Å². The Morgan fingerprint density at radius 3 is 2.07 bits per heavy atom. The van der Waals surface area contributed by atoms with Gasteiger partial charge < -0.3 is 4.74 Å². The van der Waals surface area contributed by atoms with E-state index in [2.05, 4.69) is 45.9 Å². The predicted molar refractivity (Wildman–Crippen MR) is 121 cm³/mol. The largest absolute Gasteiger partial charge is 0.462 e. The second-order valence-corrected chi connectivity index (χ2v) is 10.3. The van der Waals surface area contributed by atoms with Crippen LogP contribution in [0.5, 0.6) is 0 Å². The number of hydrogen-bond acceptors (Lipinski definition) is 2. The fraction of sp³-hybridized carbons (Fsp3) is 0.731. The highest BCUT2D eigenvalue weighted by atomic mass is 16.5. The molecule has 0 amide bonds. The molecule has 2 nitrogen and oxygen atoms in total. The molecule has 0 fully saturated rings. The minimum absolute atomic E-state index is 0.327. The number of hydrogen-bond donors (Lipinski definition) is 0. The van der Waals surface area contributed by atoms with Crippen LogP contribution in [0.2, 0.25) is 0 Å². The lowest BCUT2D eigenvalue weighted by atomic mass is 9.89. The van der Waals surface area contributed by atoms with Crippen LogP contribution in [0, 0.1) is 12.3 Å². The number of benzene rings is 1. The van der Waals surface area contributed by atoms with E-state index in [1.165, 1.54) is 68.1 Å². The van der Waals surface area contributed by atoms with Crippen LogP contribution in [0.25, 0.3) is 0 Å². The highest BCUT2D eigenvalue weighted by Gasteiger charge is 2.17. The molecule has 0 atom stereocenters. The molecule has 0 aliphatic rings. The van der Waals surface area contributed by atoms with Crippen LogP contribution in [0.1, 0.15) is 109 Å². The van der Waals surface area contributed by atoms with Gasteiger partial charge in [-0.25, -0.2) is 0 Å². The monoisotopic (exact) mass is 388 g/mol. The molecule has 2 heteroatoms. The van der Waals surface area contributed by atoms with Crippen LogP contribution in [0.15, 0.2) is 18.2 Å². The van der Waals surface area contributed by atoms with Crippen molar-refractivity contribution in [1.82, 2.24) is 0 Å². The first-order valence-electron chi connectivity index (χ1n) is 11.3. The van der Waals surface area contributed by atoms with Crippen LogP contribution in [0.4, 0.5) is 0 Å². The molecule has 0 saturated carbocycles. The average molecular weight is 389 g/mol. The van der Waals surface area contributed by atoms with Gasteiger partial charge in [-0.1, -0.05) is 64.7 Å². The van der Waals surface area contributed by atoms with Gasteiger partial charge in [0.2, 0.25) is 0 Å². The molecule has 0 spiro atoms. The molecule has 0 heterocycles. The fourth-order valence-electron chi connectivity index (χ4n) is 3.76. The lowest BCUT2D eigenvalue weighted by Crippen LogP contribution is -2.23. The number of unbranched alkanes of at least 4 members (excludes halogenated alkanes) is 5. The van der Waals surface area contributed by atoms with Crippen molar-refractivity contribution in [3.05, 3.63) is 34.9 Å². The second-order valence-electron chi connectivity index (χ2n) is 10.3. The summed E-state index contributed by atoms with van der Waals surface area (Å²) in [6.45, 7) is 13.8. The molecule has 0 N–H and O–H groups in total. The Kier molecular flexibility index (Phi) is 10.9. The average Bonchev–Trinajstić information content (AvgIpc) is 2.58. The molecule has 0 saturated heterocycles. The summed E-state index contributed by atoms with van der Waals surface area (Å²) in [5.41, 5.74) is 4.57. The van der Waals surface area contributed by atoms with Gasteiger partial charge in [0.1, 0.15) is 5.60 Å². The van der Waals surface area contributed by atoms with Crippen LogP contribution in [-0.4, -0.2) is 12.1 Å². The first-order valence-corrected chi connectivity index (χ1v) is 11.3. The summed E-state index contributed by atoms with van der Waals surface area (Å²) in [4.78, 5) is 10.5. The number of carbonyl (C=O) groups excluding carboxylic acids is 1. The molecule has 0 bridgehead atoms. The van der Waals surface area contributed by atoms with E-state index in [0.29, 0.717) is 11.9 Å². The third-order valence-corrected chi connectivity index (χ3v) is 5.64. The quantitative estimate of drug-likeness (QED) is 0.242. The first-order chi connectivity index (χ1) is 13.1. The van der Waals surface area contributed by atoms with Gasteiger partial charge >= 0.3 is 0 Å². The Morgan fingerprint density at radius 1 is 0.821 bits per heavy atom. The SMILES string of the molecule is Cc1cc(CCCCCCC(C)(C)C)ccc1CCCCCC(C)(C)OC=O. The van der Waals surface area contributed by atoms with Crippen molar-refractivity contribution in [1.29, 1.82) is 0 Å². The van der Waals surface area contributed by atoms with E-state index in [1.807, 2.05) is 13.8 Å². The lowest BCUT2D eigenvalue weighted by molar-refractivity contribution is -0.140. The van der Waals surface area contributed by atoms with Crippen molar-refractivity contribution in [2.45, 2.75) is 118 Å². The van der Waals surface area contributed by atoms with Crippen LogP contribution in [0.3, 0.4) is 0 Å². The molecule has 160 valence electrons. The molecule has 0 aliphatic carbocycles. The standard InChI is InChI=1S/C26H44O2/c1-22-20-23(14-10-7-8-12-18-25(2,3)4)16-17-24(22)15-11-9-13-19-26(5,6)28-21-27/h16-17,20-21H,7-15,18-19H2,1-6H3. The molecule has 1 aromatic rings. The predicted octanol–water partition coefficient (Wildman–Crippen LogP) is 7.59. The molecule has 0 unspecified atom stereocenters. The molecular weight excluding hydrogens is 344 g/mol. The van der Waals surface area contributed by atoms with Crippen molar-refractivity contribution in [2.75, 3.05) is 0 Å². The van der Waals surface area contributed by atoms with Gasteiger partial charge in [0.15, 0.2) is 0 Å². The van der Waals surface area contributed by atoms with E-state index in [-0.39, 0.29) is 5.60 Å². The maximum Gasteiger partial charge on any atom is 0.293 e. The second kappa shape index (κ2) is 12.3. The number of carbonyl (C=O) groups is 1. The third-order valence-electron chi connectivity index (χ3n) is 5.64. The van der Waals surface area contributed by atoms with Crippen LogP contribution < -0.4 is 0 Å². The summed E-state index contributed by atoms with van der Waals surface area (Å²) >= 11 is 0. The van der Waals surface area contributed by atoms with Gasteiger partial charge in [0.05, 0.1) is 0 Å². The smallest absolute Gasteiger partial charge is 0.293 e. The topological polar surface area (TPSA) is 26.3 Å². The van der Waals surface area contributed by atoms with Crippen molar-refractivity contribution in [3.8, 4) is 0 Å². The van der Waals surface area contributed by atoms with E-state index in [4.69, 9.17) is 4.74 Å². The van der Waals surface area contributed by atoms with E-state index in [0.717, 1.165) is 19.3 Å². The Labute approximate surface area is 174 Å². The first kappa shape index (κ1) is 24.7. The molecule has 0 aromatic heterocycles. The van der Waals surface area contributed by atoms with E-state index in [9.17, 15) is 4.79 Å². The summed E-state index contributed by atoms with van der Waals surface area (Å²) in [6, 6.07) is 7.06. The highest BCUT2D eigenvalue weighted by molar-refractivity contribution is 5.38. The highest BCUT2D eigenvalue weighted by Crippen LogP contribution is 2.23. The third kappa shape index (κ3) is 11.5. The summed E-state index contributed by atoms with van der Waals surface area (Å²) in [5, 5.41) is 0. The van der Waals surface area contributed by atoms with Gasteiger partial charge in [-0.3, -0.25) is 4.79 Å². The summed E-state index contributed by atoms with van der Waals surface area (Å²) < 4.78 is 5.11. The zero-order valence-corrected chi connectivity index (χ0v) is 19.4. The molecule has 1 rings (SSSR count). The van der Waals surface area contributed by atoms with E-state index in [1.54, 1.807) is 0 Å². The normalized spacial score (nSPS) is 12.2. The maximum absolute atomic E-state index is 10.5. The van der Waals surface area contributed by atoms with Crippen molar-refractivity contribution < 1.29 is 9.53 Å². The lowest BCUT2D eigenvalue weighted by Gasteiger charge is -2.22. The number of ether oxygens (including phenoxy) is 1. The zero-order chi connectivity index (χ0) is 21.0. The maximum atomic E-state index is 10.5. The Bertz CT molecular complexity index is 566.